The molecule has 1 N–H and O–H groups in total. The molecule has 34 heavy (non-hydrogen) atoms. The molecule has 3 rings (SSSR count). The molecule has 178 valence electrons. The number of nitrogens with one attached hydrogen (secondary N) is 1. The quantitative estimate of drug-likeness (QED) is 0.450. The van der Waals surface area contributed by atoms with Crippen LogP contribution < -0.4 is 5.32 Å². The van der Waals surface area contributed by atoms with Crippen molar-refractivity contribution in [2.45, 2.75) is 58.7 Å². The van der Waals surface area contributed by atoms with Gasteiger partial charge < -0.3 is 10.2 Å². The molecule has 0 saturated carbocycles. The predicted molar refractivity (Wildman–Crippen MR) is 139 cm³/mol. The average molecular weight is 477 g/mol. The average Bonchev–Trinajstić information content (AvgIpc) is 2.78. The van der Waals surface area contributed by atoms with Crippen molar-refractivity contribution < 1.29 is 9.59 Å². The van der Waals surface area contributed by atoms with Gasteiger partial charge >= 0.3 is 0 Å². The van der Waals surface area contributed by atoms with E-state index in [0.29, 0.717) is 11.4 Å². The summed E-state index contributed by atoms with van der Waals surface area (Å²) in [6.07, 6.45) is 0.623. The highest BCUT2D eigenvalue weighted by Gasteiger charge is 2.32. The molecule has 0 radical (unpaired) electrons. The molecule has 0 aromatic heterocycles. The van der Waals surface area contributed by atoms with Crippen molar-refractivity contribution in [1.82, 2.24) is 10.2 Å². The summed E-state index contributed by atoms with van der Waals surface area (Å²) in [5, 5.41) is 3.66. The van der Waals surface area contributed by atoms with Gasteiger partial charge in [-0.05, 0) is 56.0 Å². The lowest BCUT2D eigenvalue weighted by molar-refractivity contribution is -0.141. The van der Waals surface area contributed by atoms with Gasteiger partial charge in [-0.1, -0.05) is 84.4 Å². The van der Waals surface area contributed by atoms with Crippen LogP contribution in [0.3, 0.4) is 0 Å². The van der Waals surface area contributed by atoms with Crippen molar-refractivity contribution >= 4 is 23.4 Å². The summed E-state index contributed by atoms with van der Waals surface area (Å²) < 4.78 is 0. The summed E-state index contributed by atoms with van der Waals surface area (Å²) in [6, 6.07) is 24.4. The minimum atomic E-state index is -0.686. The first kappa shape index (κ1) is 25.5. The Balaban J connectivity index is 2.01. The zero-order chi connectivity index (χ0) is 24.7. The molecule has 0 aliphatic carbocycles. The lowest BCUT2D eigenvalue weighted by Crippen LogP contribution is -2.54. The molecule has 2 amide bonds. The van der Waals surface area contributed by atoms with Crippen LogP contribution in [0.15, 0.2) is 78.9 Å². The number of hydrogen-bond donors (Lipinski definition) is 1. The van der Waals surface area contributed by atoms with E-state index in [9.17, 15) is 9.59 Å². The molecule has 0 aliphatic rings. The molecule has 0 heterocycles. The van der Waals surface area contributed by atoms with E-state index in [4.69, 9.17) is 11.6 Å². The Bertz CT molecular complexity index is 1120. The van der Waals surface area contributed by atoms with Crippen LogP contribution in [0.5, 0.6) is 0 Å². The van der Waals surface area contributed by atoms with E-state index in [1.807, 2.05) is 107 Å². The Morgan fingerprint density at radius 2 is 1.47 bits per heavy atom. The van der Waals surface area contributed by atoms with Crippen molar-refractivity contribution in [3.8, 4) is 0 Å². The third-order valence-corrected chi connectivity index (χ3v) is 6.04. The lowest BCUT2D eigenvalue weighted by atomic mass is 9.99. The normalized spacial score (nSPS) is 12.1. The SMILES string of the molecule is Cc1ccccc1CC(=O)N(Cc1ccccc1Cl)[C@@H](Cc1ccccc1)C(=O)NC(C)(C)C. The van der Waals surface area contributed by atoms with Gasteiger partial charge in [0.2, 0.25) is 11.8 Å². The van der Waals surface area contributed by atoms with Gasteiger partial charge in [0, 0.05) is 23.5 Å². The number of nitrogens with zero attached hydrogens (tertiary/aromatic N) is 1. The first-order valence-corrected chi connectivity index (χ1v) is 11.9. The zero-order valence-electron chi connectivity index (χ0n) is 20.3. The highest BCUT2D eigenvalue weighted by atomic mass is 35.5. The first-order valence-electron chi connectivity index (χ1n) is 11.6. The maximum atomic E-state index is 13.8. The van der Waals surface area contributed by atoms with Crippen molar-refractivity contribution in [3.05, 3.63) is 106 Å². The van der Waals surface area contributed by atoms with Crippen LogP contribution in [0, 0.1) is 6.92 Å². The van der Waals surface area contributed by atoms with Gasteiger partial charge in [-0.3, -0.25) is 9.59 Å². The molecule has 0 saturated heterocycles. The zero-order valence-corrected chi connectivity index (χ0v) is 21.1. The number of carbonyl (C=O) groups excluding carboxylic acids is 2. The molecule has 4 nitrogen and oxygen atoms in total. The Labute approximate surface area is 207 Å². The topological polar surface area (TPSA) is 49.4 Å². The fraction of sp³-hybridized carbons (Fsp3) is 0.310. The van der Waals surface area contributed by atoms with Gasteiger partial charge in [0.25, 0.3) is 0 Å². The van der Waals surface area contributed by atoms with E-state index in [1.54, 1.807) is 4.90 Å². The lowest BCUT2D eigenvalue weighted by Gasteiger charge is -2.34. The van der Waals surface area contributed by atoms with Crippen LogP contribution in [-0.2, 0) is 29.0 Å². The van der Waals surface area contributed by atoms with Crippen LogP contribution in [0.25, 0.3) is 0 Å². The summed E-state index contributed by atoms with van der Waals surface area (Å²) in [7, 11) is 0. The second-order valence-electron chi connectivity index (χ2n) is 9.66. The van der Waals surface area contributed by atoms with Gasteiger partial charge in [-0.2, -0.15) is 0 Å². The molecule has 1 atom stereocenters. The van der Waals surface area contributed by atoms with Crippen LogP contribution in [0.1, 0.15) is 43.0 Å². The van der Waals surface area contributed by atoms with Crippen LogP contribution in [-0.4, -0.2) is 28.3 Å². The highest BCUT2D eigenvalue weighted by molar-refractivity contribution is 6.31. The number of rotatable bonds is 8. The van der Waals surface area contributed by atoms with E-state index in [-0.39, 0.29) is 24.8 Å². The molecule has 3 aromatic carbocycles. The molecule has 0 spiro atoms. The Morgan fingerprint density at radius 3 is 2.09 bits per heavy atom. The summed E-state index contributed by atoms with van der Waals surface area (Å²) in [6.45, 7) is 8.07. The van der Waals surface area contributed by atoms with Crippen LogP contribution >= 0.6 is 11.6 Å². The fourth-order valence-electron chi connectivity index (χ4n) is 3.89. The summed E-state index contributed by atoms with van der Waals surface area (Å²) in [5.41, 5.74) is 3.37. The number of benzene rings is 3. The van der Waals surface area contributed by atoms with Gasteiger partial charge in [0.05, 0.1) is 6.42 Å². The Kier molecular flexibility index (Phi) is 8.51. The molecular formula is C29H33ClN2O2. The smallest absolute Gasteiger partial charge is 0.243 e. The van der Waals surface area contributed by atoms with Crippen LogP contribution in [0.4, 0.5) is 0 Å². The second-order valence-corrected chi connectivity index (χ2v) is 10.1. The van der Waals surface area contributed by atoms with E-state index < -0.39 is 11.6 Å². The Morgan fingerprint density at radius 1 is 0.882 bits per heavy atom. The van der Waals surface area contributed by atoms with E-state index in [1.165, 1.54) is 0 Å². The number of amides is 2. The monoisotopic (exact) mass is 476 g/mol. The molecule has 0 bridgehead atoms. The maximum absolute atomic E-state index is 13.8. The van der Waals surface area contributed by atoms with Gasteiger partial charge in [0.15, 0.2) is 0 Å². The second kappa shape index (κ2) is 11.3. The number of hydrogen-bond acceptors (Lipinski definition) is 2. The standard InChI is InChI=1S/C29H33ClN2O2/c1-21-12-8-9-15-23(21)19-27(33)32(20-24-16-10-11-17-25(24)30)26(28(34)31-29(2,3)4)18-22-13-6-5-7-14-22/h5-17,26H,18-20H2,1-4H3,(H,31,34)/t26-/m0/s1. The van der Waals surface area contributed by atoms with Crippen molar-refractivity contribution in [2.24, 2.45) is 0 Å². The van der Waals surface area contributed by atoms with Crippen molar-refractivity contribution in [1.29, 1.82) is 0 Å². The summed E-state index contributed by atoms with van der Waals surface area (Å²) in [4.78, 5) is 29.0. The van der Waals surface area contributed by atoms with E-state index >= 15 is 0 Å². The first-order chi connectivity index (χ1) is 16.1. The molecule has 0 unspecified atom stereocenters. The van der Waals surface area contributed by atoms with Gasteiger partial charge in [0.1, 0.15) is 6.04 Å². The van der Waals surface area contributed by atoms with Gasteiger partial charge in [-0.15, -0.1) is 0 Å². The van der Waals surface area contributed by atoms with E-state index in [2.05, 4.69) is 5.32 Å². The minimum Gasteiger partial charge on any atom is -0.350 e. The predicted octanol–water partition coefficient (Wildman–Crippen LogP) is 5.75. The molecule has 0 aliphatic heterocycles. The fourth-order valence-corrected chi connectivity index (χ4v) is 4.09. The number of carbonyl (C=O) groups is 2. The third-order valence-electron chi connectivity index (χ3n) is 5.67. The number of halogens is 1. The maximum Gasteiger partial charge on any atom is 0.243 e. The number of aryl methyl sites for hydroxylation is 1. The molecule has 0 fully saturated rings. The van der Waals surface area contributed by atoms with Crippen molar-refractivity contribution in [3.63, 3.8) is 0 Å². The molecular weight excluding hydrogens is 444 g/mol. The van der Waals surface area contributed by atoms with Crippen molar-refractivity contribution in [2.75, 3.05) is 0 Å². The third kappa shape index (κ3) is 7.19. The van der Waals surface area contributed by atoms with E-state index in [0.717, 1.165) is 22.3 Å². The Hall–Kier alpha value is -3.11. The van der Waals surface area contributed by atoms with Gasteiger partial charge in [-0.25, -0.2) is 0 Å². The minimum absolute atomic E-state index is 0.112. The molecule has 5 heteroatoms. The van der Waals surface area contributed by atoms with Crippen LogP contribution in [0.2, 0.25) is 5.02 Å². The summed E-state index contributed by atoms with van der Waals surface area (Å²) in [5.74, 6) is -0.291. The largest absolute Gasteiger partial charge is 0.350 e. The highest BCUT2D eigenvalue weighted by Crippen LogP contribution is 2.22. The summed E-state index contributed by atoms with van der Waals surface area (Å²) >= 11 is 6.47. The molecule has 3 aromatic rings.